The fourth-order valence-electron chi connectivity index (χ4n) is 3.94. The molecule has 5 aromatic rings. The van der Waals surface area contributed by atoms with Crippen molar-refractivity contribution in [2.45, 2.75) is 32.8 Å². The van der Waals surface area contributed by atoms with Crippen molar-refractivity contribution in [2.24, 2.45) is 0 Å². The smallest absolute Gasteiger partial charge is 0.150 e. The molecule has 168 valence electrons. The molecule has 0 saturated heterocycles. The fourth-order valence-corrected chi connectivity index (χ4v) is 4.84. The Bertz CT molecular complexity index is 1460. The number of aryl methyl sites for hydroxylation is 1. The second-order valence-electron chi connectivity index (χ2n) is 7.97. The maximum Gasteiger partial charge on any atom is 0.150 e. The van der Waals surface area contributed by atoms with Crippen molar-refractivity contribution >= 4 is 21.6 Å². The monoisotopic (exact) mass is 465 g/mol. The molecule has 0 aliphatic heterocycles. The van der Waals surface area contributed by atoms with Gasteiger partial charge in [-0.15, -0.1) is 22.4 Å². The molecule has 0 amide bonds. The summed E-state index contributed by atoms with van der Waals surface area (Å²) < 4.78 is 7.23. The lowest BCUT2D eigenvalue weighted by Crippen LogP contribution is -2.03. The molecule has 3 heterocycles. The second-order valence-corrected chi connectivity index (χ2v) is 8.88. The summed E-state index contributed by atoms with van der Waals surface area (Å²) in [5.41, 5.74) is 6.67. The molecule has 0 aliphatic carbocycles. The number of ether oxygens (including phenoxy) is 1. The van der Waals surface area contributed by atoms with Crippen LogP contribution >= 0.6 is 11.3 Å². The molecule has 0 saturated carbocycles. The molecule has 0 radical (unpaired) electrons. The number of hydrogen-bond acceptors (Lipinski definition) is 6. The molecule has 34 heavy (non-hydrogen) atoms. The van der Waals surface area contributed by atoms with Crippen LogP contribution in [0.3, 0.4) is 0 Å². The Labute approximate surface area is 202 Å². The lowest BCUT2D eigenvalue weighted by molar-refractivity contribution is 0.301. The quantitative estimate of drug-likeness (QED) is 0.311. The Morgan fingerprint density at radius 1 is 1.03 bits per heavy atom. The fraction of sp³-hybridized carbons (Fsp3) is 0.185. The Morgan fingerprint density at radius 3 is 2.65 bits per heavy atom. The lowest BCUT2D eigenvalue weighted by Gasteiger charge is -2.11. The molecule has 1 unspecified atom stereocenters. The summed E-state index contributed by atoms with van der Waals surface area (Å²) in [6.07, 6.45) is 0.627. The summed E-state index contributed by atoms with van der Waals surface area (Å²) in [6, 6.07) is 20.6. The van der Waals surface area contributed by atoms with Crippen molar-refractivity contribution in [3.63, 3.8) is 0 Å². The first kappa shape index (κ1) is 21.8. The van der Waals surface area contributed by atoms with Crippen LogP contribution in [0.15, 0.2) is 66.0 Å². The normalized spacial score (nSPS) is 11.7. The molecule has 0 aliphatic rings. The lowest BCUT2D eigenvalue weighted by atomic mass is 9.96. The average molecular weight is 466 g/mol. The summed E-state index contributed by atoms with van der Waals surface area (Å²) in [4.78, 5) is 4.92. The Morgan fingerprint density at radius 2 is 1.88 bits per heavy atom. The van der Waals surface area contributed by atoms with E-state index in [9.17, 15) is 0 Å². The number of hydrogen-bond donors (Lipinski definition) is 1. The van der Waals surface area contributed by atoms with Gasteiger partial charge in [-0.3, -0.25) is 0 Å². The van der Waals surface area contributed by atoms with Crippen molar-refractivity contribution in [2.75, 3.05) is 0 Å². The first-order valence-electron chi connectivity index (χ1n) is 11.0. The number of nitrogens with one attached hydrogen (secondary N) is 1. The highest BCUT2D eigenvalue weighted by Crippen LogP contribution is 2.34. The summed E-state index contributed by atoms with van der Waals surface area (Å²) in [5, 5.41) is 16.3. The van der Waals surface area contributed by atoms with Crippen LogP contribution in [0.25, 0.3) is 21.3 Å². The number of aromatic nitrogens is 5. The van der Waals surface area contributed by atoms with E-state index in [1.54, 1.807) is 11.3 Å². The number of pyridine rings is 1. The van der Waals surface area contributed by atoms with E-state index in [4.69, 9.17) is 9.72 Å². The van der Waals surface area contributed by atoms with Gasteiger partial charge in [-0.2, -0.15) is 0 Å². The van der Waals surface area contributed by atoms with Crippen molar-refractivity contribution < 1.29 is 4.74 Å². The van der Waals surface area contributed by atoms with Gasteiger partial charge in [-0.05, 0) is 65.2 Å². The third-order valence-corrected chi connectivity index (χ3v) is 6.62. The van der Waals surface area contributed by atoms with E-state index >= 15 is 0 Å². The van der Waals surface area contributed by atoms with E-state index in [1.165, 1.54) is 21.4 Å². The molecule has 5 rings (SSSR count). The van der Waals surface area contributed by atoms with Gasteiger partial charge in [0.2, 0.25) is 0 Å². The van der Waals surface area contributed by atoms with Gasteiger partial charge in [0.1, 0.15) is 18.2 Å². The van der Waals surface area contributed by atoms with Crippen LogP contribution in [0.4, 0.5) is 0 Å². The van der Waals surface area contributed by atoms with Crippen molar-refractivity contribution in [3.8, 4) is 28.7 Å². The molecular weight excluding hydrogens is 442 g/mol. The van der Waals surface area contributed by atoms with E-state index < -0.39 is 0 Å². The van der Waals surface area contributed by atoms with Gasteiger partial charge >= 0.3 is 0 Å². The summed E-state index contributed by atoms with van der Waals surface area (Å²) in [6.45, 7) is 4.37. The Kier molecular flexibility index (Phi) is 6.32. The zero-order valence-electron chi connectivity index (χ0n) is 18.9. The SMILES string of the molecule is CC#CC(Cc1nnn[nH]1)c1ccc(OCc2ccc3scc(-c4ccccc4C)c3n2)cc1. The van der Waals surface area contributed by atoms with Crippen LogP contribution in [-0.2, 0) is 13.0 Å². The van der Waals surface area contributed by atoms with Gasteiger partial charge in [0, 0.05) is 17.4 Å². The highest BCUT2D eigenvalue weighted by Gasteiger charge is 2.13. The number of nitrogens with zero attached hydrogens (tertiary/aromatic N) is 4. The number of thiophene rings is 1. The molecule has 0 fully saturated rings. The minimum Gasteiger partial charge on any atom is -0.487 e. The first-order valence-corrected chi connectivity index (χ1v) is 11.9. The van der Waals surface area contributed by atoms with Crippen LogP contribution in [-0.4, -0.2) is 25.6 Å². The maximum absolute atomic E-state index is 6.05. The molecule has 3 aromatic heterocycles. The molecule has 1 atom stereocenters. The summed E-state index contributed by atoms with van der Waals surface area (Å²) >= 11 is 1.72. The van der Waals surface area contributed by atoms with E-state index in [0.29, 0.717) is 18.9 Å². The van der Waals surface area contributed by atoms with Crippen molar-refractivity contribution in [1.29, 1.82) is 0 Å². The average Bonchev–Trinajstić information content (AvgIpc) is 3.53. The number of fused-ring (bicyclic) bond motifs is 1. The van der Waals surface area contributed by atoms with Crippen LogP contribution in [0, 0.1) is 18.8 Å². The highest BCUT2D eigenvalue weighted by atomic mass is 32.1. The van der Waals surface area contributed by atoms with Crippen molar-refractivity contribution in [3.05, 3.63) is 88.7 Å². The topological polar surface area (TPSA) is 76.6 Å². The van der Waals surface area contributed by atoms with Gasteiger partial charge in [0.25, 0.3) is 0 Å². The minimum absolute atomic E-state index is 0.0105. The molecule has 6 nitrogen and oxygen atoms in total. The zero-order chi connectivity index (χ0) is 23.3. The Hall–Kier alpha value is -4.02. The molecular formula is C27H23N5OS. The molecule has 0 spiro atoms. The van der Waals surface area contributed by atoms with Gasteiger partial charge < -0.3 is 4.74 Å². The third-order valence-electron chi connectivity index (χ3n) is 5.68. The van der Waals surface area contributed by atoms with Gasteiger partial charge in [-0.1, -0.05) is 42.3 Å². The van der Waals surface area contributed by atoms with Crippen LogP contribution < -0.4 is 4.74 Å². The predicted molar refractivity (Wildman–Crippen MR) is 135 cm³/mol. The predicted octanol–water partition coefficient (Wildman–Crippen LogP) is 5.71. The highest BCUT2D eigenvalue weighted by molar-refractivity contribution is 7.17. The van der Waals surface area contributed by atoms with Gasteiger partial charge in [0.15, 0.2) is 0 Å². The van der Waals surface area contributed by atoms with Crippen LogP contribution in [0.1, 0.15) is 35.5 Å². The van der Waals surface area contributed by atoms with E-state index in [1.807, 2.05) is 37.3 Å². The van der Waals surface area contributed by atoms with Gasteiger partial charge in [-0.25, -0.2) is 10.1 Å². The zero-order valence-corrected chi connectivity index (χ0v) is 19.8. The maximum atomic E-state index is 6.05. The number of rotatable bonds is 7. The third kappa shape index (κ3) is 4.68. The molecule has 0 bridgehead atoms. The molecule has 2 aromatic carbocycles. The largest absolute Gasteiger partial charge is 0.487 e. The molecule has 1 N–H and O–H groups in total. The first-order chi connectivity index (χ1) is 16.7. The number of aromatic amines is 1. The van der Waals surface area contributed by atoms with Crippen molar-refractivity contribution in [1.82, 2.24) is 25.6 Å². The summed E-state index contributed by atoms with van der Waals surface area (Å²) in [5.74, 6) is 7.75. The number of benzene rings is 2. The summed E-state index contributed by atoms with van der Waals surface area (Å²) in [7, 11) is 0. The van der Waals surface area contributed by atoms with E-state index in [-0.39, 0.29) is 5.92 Å². The Balaban J connectivity index is 1.31. The van der Waals surface area contributed by atoms with Gasteiger partial charge in [0.05, 0.1) is 21.8 Å². The van der Waals surface area contributed by atoms with E-state index in [0.717, 1.165) is 22.5 Å². The standard InChI is InChI=1S/C27H23N5OS/c1-3-6-20(15-26-29-31-32-30-26)19-9-12-22(13-10-19)33-16-21-11-14-25-27(28-21)24(17-34-25)23-8-5-4-7-18(23)2/h4-5,7-14,17,20H,15-16H2,1-2H3,(H,29,30,31,32). The molecule has 7 heteroatoms. The van der Waals surface area contributed by atoms with Crippen LogP contribution in [0.5, 0.6) is 5.75 Å². The van der Waals surface area contributed by atoms with Crippen LogP contribution in [0.2, 0.25) is 0 Å². The second kappa shape index (κ2) is 9.86. The minimum atomic E-state index is 0.0105. The number of H-pyrrole nitrogens is 1. The number of tetrazole rings is 1. The van der Waals surface area contributed by atoms with E-state index in [2.05, 4.69) is 75.1 Å².